The van der Waals surface area contributed by atoms with Gasteiger partial charge in [0.1, 0.15) is 6.61 Å². The third-order valence-electron chi connectivity index (χ3n) is 5.43. The van der Waals surface area contributed by atoms with Gasteiger partial charge in [-0.25, -0.2) is 0 Å². The second-order valence-electron chi connectivity index (χ2n) is 7.53. The van der Waals surface area contributed by atoms with Crippen LogP contribution in [-0.4, -0.2) is 49.0 Å². The topological polar surface area (TPSA) is 42.0 Å². The van der Waals surface area contributed by atoms with Crippen LogP contribution in [0.3, 0.4) is 0 Å². The maximum atomic E-state index is 13.0. The van der Waals surface area contributed by atoms with Crippen LogP contribution < -0.4 is 9.47 Å². The summed E-state index contributed by atoms with van der Waals surface area (Å²) in [6, 6.07) is 15.0. The van der Waals surface area contributed by atoms with E-state index in [1.54, 1.807) is 7.11 Å². The molecule has 2 heterocycles. The number of benzene rings is 2. The minimum atomic E-state index is 0.0639. The summed E-state index contributed by atoms with van der Waals surface area (Å²) in [5.74, 6) is 1.44. The maximum absolute atomic E-state index is 13.0. The summed E-state index contributed by atoms with van der Waals surface area (Å²) in [5.41, 5.74) is 1.91. The normalized spacial score (nSPS) is 14.4. The largest absolute Gasteiger partial charge is 0.493 e. The molecule has 1 aromatic heterocycles. The second-order valence-corrected chi connectivity index (χ2v) is 9.25. The predicted octanol–water partition coefficient (Wildman–Crippen LogP) is 5.60. The Morgan fingerprint density at radius 2 is 1.69 bits per heavy atom. The van der Waals surface area contributed by atoms with Crippen molar-refractivity contribution in [3.8, 4) is 11.5 Å². The Morgan fingerprint density at radius 3 is 2.38 bits per heavy atom. The van der Waals surface area contributed by atoms with Gasteiger partial charge < -0.3 is 14.4 Å². The van der Waals surface area contributed by atoms with E-state index in [0.717, 1.165) is 29.1 Å². The molecule has 3 aromatic rings. The first kappa shape index (κ1) is 22.9. The second kappa shape index (κ2) is 10.6. The lowest BCUT2D eigenvalue weighted by Crippen LogP contribution is -2.48. The third kappa shape index (κ3) is 5.38. The number of carbonyl (C=O) groups excluding carboxylic acids is 1. The Hall–Kier alpha value is -2.25. The lowest BCUT2D eigenvalue weighted by molar-refractivity contribution is 0.0633. The van der Waals surface area contributed by atoms with E-state index >= 15 is 0 Å². The zero-order valence-corrected chi connectivity index (χ0v) is 20.1. The van der Waals surface area contributed by atoms with Gasteiger partial charge in [-0.05, 0) is 35.7 Å². The molecule has 0 atom stereocenters. The summed E-state index contributed by atoms with van der Waals surface area (Å²) < 4.78 is 11.2. The van der Waals surface area contributed by atoms with Crippen LogP contribution in [0.1, 0.15) is 20.8 Å². The molecule has 0 bridgehead atoms. The van der Waals surface area contributed by atoms with Gasteiger partial charge in [-0.2, -0.15) is 0 Å². The fourth-order valence-electron chi connectivity index (χ4n) is 3.63. The SMILES string of the molecule is COc1ccccc1OCc1csc(C(=O)N2CCN(Cc3c(Cl)cccc3Cl)CC2)c1. The van der Waals surface area contributed by atoms with Crippen molar-refractivity contribution in [2.45, 2.75) is 13.2 Å². The molecule has 1 amide bonds. The lowest BCUT2D eigenvalue weighted by Gasteiger charge is -2.34. The number of nitrogens with zero attached hydrogens (tertiary/aromatic N) is 2. The lowest BCUT2D eigenvalue weighted by atomic mass is 10.2. The number of hydrogen-bond acceptors (Lipinski definition) is 5. The number of rotatable bonds is 7. The zero-order chi connectivity index (χ0) is 22.5. The van der Waals surface area contributed by atoms with E-state index in [9.17, 15) is 4.79 Å². The number of amides is 1. The molecule has 32 heavy (non-hydrogen) atoms. The van der Waals surface area contributed by atoms with Crippen molar-refractivity contribution in [1.29, 1.82) is 0 Å². The number of halogens is 2. The summed E-state index contributed by atoms with van der Waals surface area (Å²) >= 11 is 14.1. The standard InChI is InChI=1S/C24H24Cl2N2O3S/c1-30-21-7-2-3-8-22(21)31-15-17-13-23(32-16-17)24(29)28-11-9-27(10-12-28)14-18-19(25)5-4-6-20(18)26/h2-8,13,16H,9-12,14-15H2,1H3. The van der Waals surface area contributed by atoms with Gasteiger partial charge in [0, 0.05) is 53.9 Å². The monoisotopic (exact) mass is 490 g/mol. The van der Waals surface area contributed by atoms with Gasteiger partial charge in [0.05, 0.1) is 12.0 Å². The Labute approximate surface area is 202 Å². The van der Waals surface area contributed by atoms with Crippen LogP contribution in [0, 0.1) is 0 Å². The minimum Gasteiger partial charge on any atom is -0.493 e. The summed E-state index contributed by atoms with van der Waals surface area (Å²) in [7, 11) is 1.62. The molecule has 0 radical (unpaired) electrons. The minimum absolute atomic E-state index is 0.0639. The Kier molecular flexibility index (Phi) is 7.58. The molecule has 1 aliphatic rings. The van der Waals surface area contributed by atoms with Crippen molar-refractivity contribution < 1.29 is 14.3 Å². The average molecular weight is 491 g/mol. The highest BCUT2D eigenvalue weighted by Crippen LogP contribution is 2.28. The number of thiophene rings is 1. The van der Waals surface area contributed by atoms with Gasteiger partial charge in [0.15, 0.2) is 11.5 Å². The Morgan fingerprint density at radius 1 is 1.00 bits per heavy atom. The van der Waals surface area contributed by atoms with E-state index in [-0.39, 0.29) is 5.91 Å². The van der Waals surface area contributed by atoms with Crippen LogP contribution in [0.25, 0.3) is 0 Å². The molecule has 0 unspecified atom stereocenters. The molecule has 0 saturated carbocycles. The van der Waals surface area contributed by atoms with Crippen molar-refractivity contribution in [1.82, 2.24) is 9.80 Å². The maximum Gasteiger partial charge on any atom is 0.264 e. The molecule has 0 spiro atoms. The zero-order valence-electron chi connectivity index (χ0n) is 17.7. The van der Waals surface area contributed by atoms with E-state index in [0.29, 0.717) is 47.8 Å². The number of methoxy groups -OCH3 is 1. The van der Waals surface area contributed by atoms with Crippen LogP contribution in [0.15, 0.2) is 53.9 Å². The van der Waals surface area contributed by atoms with Crippen molar-refractivity contribution in [3.05, 3.63) is 80.0 Å². The number of carbonyl (C=O) groups is 1. The van der Waals surface area contributed by atoms with E-state index in [2.05, 4.69) is 4.90 Å². The molecule has 2 aromatic carbocycles. The molecule has 5 nitrogen and oxygen atoms in total. The predicted molar refractivity (Wildman–Crippen MR) is 129 cm³/mol. The molecule has 0 N–H and O–H groups in total. The summed E-state index contributed by atoms with van der Waals surface area (Å²) in [4.78, 5) is 17.9. The highest BCUT2D eigenvalue weighted by molar-refractivity contribution is 7.12. The third-order valence-corrected chi connectivity index (χ3v) is 7.11. The quantitative estimate of drug-likeness (QED) is 0.432. The fraction of sp³-hybridized carbons (Fsp3) is 0.292. The number of piperazine rings is 1. The first-order valence-corrected chi connectivity index (χ1v) is 12.0. The molecular weight excluding hydrogens is 467 g/mol. The average Bonchev–Trinajstić information content (AvgIpc) is 3.29. The van der Waals surface area contributed by atoms with Crippen molar-refractivity contribution in [2.24, 2.45) is 0 Å². The summed E-state index contributed by atoms with van der Waals surface area (Å²) in [6.45, 7) is 3.98. The smallest absolute Gasteiger partial charge is 0.264 e. The van der Waals surface area contributed by atoms with Crippen LogP contribution in [0.5, 0.6) is 11.5 Å². The molecular formula is C24H24Cl2N2O3S. The van der Waals surface area contributed by atoms with Crippen LogP contribution >= 0.6 is 34.5 Å². The van der Waals surface area contributed by atoms with Crippen molar-refractivity contribution in [2.75, 3.05) is 33.3 Å². The van der Waals surface area contributed by atoms with Gasteiger partial charge in [-0.3, -0.25) is 9.69 Å². The van der Waals surface area contributed by atoms with Gasteiger partial charge in [-0.1, -0.05) is 41.4 Å². The van der Waals surface area contributed by atoms with Crippen LogP contribution in [0.4, 0.5) is 0 Å². The van der Waals surface area contributed by atoms with E-state index in [4.69, 9.17) is 32.7 Å². The highest BCUT2D eigenvalue weighted by atomic mass is 35.5. The van der Waals surface area contributed by atoms with E-state index < -0.39 is 0 Å². The molecule has 0 aliphatic carbocycles. The first-order valence-electron chi connectivity index (χ1n) is 10.3. The fourth-order valence-corrected chi connectivity index (χ4v) is 5.02. The van der Waals surface area contributed by atoms with E-state index in [1.807, 2.05) is 58.8 Å². The molecule has 1 fully saturated rings. The van der Waals surface area contributed by atoms with Crippen molar-refractivity contribution >= 4 is 40.4 Å². The molecule has 1 aliphatic heterocycles. The van der Waals surface area contributed by atoms with Gasteiger partial charge in [-0.15, -0.1) is 11.3 Å². The Bertz CT molecular complexity index is 1060. The van der Waals surface area contributed by atoms with Gasteiger partial charge in [0.2, 0.25) is 0 Å². The molecule has 168 valence electrons. The molecule has 1 saturated heterocycles. The number of para-hydroxylation sites is 2. The Balaban J connectivity index is 1.30. The molecule has 4 rings (SSSR count). The van der Waals surface area contributed by atoms with E-state index in [1.165, 1.54) is 11.3 Å². The first-order chi connectivity index (χ1) is 15.5. The van der Waals surface area contributed by atoms with Crippen LogP contribution in [0.2, 0.25) is 10.0 Å². The highest BCUT2D eigenvalue weighted by Gasteiger charge is 2.24. The summed E-state index contributed by atoms with van der Waals surface area (Å²) in [6.07, 6.45) is 0. The molecule has 8 heteroatoms. The van der Waals surface area contributed by atoms with Gasteiger partial charge >= 0.3 is 0 Å². The summed E-state index contributed by atoms with van der Waals surface area (Å²) in [5, 5.41) is 3.33. The van der Waals surface area contributed by atoms with Crippen LogP contribution in [-0.2, 0) is 13.2 Å². The number of hydrogen-bond donors (Lipinski definition) is 0. The van der Waals surface area contributed by atoms with Gasteiger partial charge in [0.25, 0.3) is 5.91 Å². The van der Waals surface area contributed by atoms with Crippen molar-refractivity contribution in [3.63, 3.8) is 0 Å². The number of ether oxygens (including phenoxy) is 2.